The fourth-order valence-electron chi connectivity index (χ4n) is 3.75. The quantitative estimate of drug-likeness (QED) is 0.686. The minimum absolute atomic E-state index is 0.955. The van der Waals surface area contributed by atoms with E-state index >= 15 is 0 Å². The molecule has 2 nitrogen and oxygen atoms in total. The van der Waals surface area contributed by atoms with Crippen molar-refractivity contribution in [2.24, 2.45) is 5.92 Å². The molecule has 0 aromatic rings. The Hall–Kier alpha value is -0.0800. The molecule has 0 bridgehead atoms. The van der Waals surface area contributed by atoms with Gasteiger partial charge in [-0.05, 0) is 70.6 Å². The molecule has 2 fully saturated rings. The normalized spacial score (nSPS) is 27.0. The van der Waals surface area contributed by atoms with Crippen LogP contribution in [0.5, 0.6) is 0 Å². The van der Waals surface area contributed by atoms with Crippen LogP contribution in [0.1, 0.15) is 58.3 Å². The first-order chi connectivity index (χ1) is 8.42. The summed E-state index contributed by atoms with van der Waals surface area (Å²) in [6.07, 6.45) is 11.7. The van der Waals surface area contributed by atoms with E-state index < -0.39 is 0 Å². The van der Waals surface area contributed by atoms with Crippen LogP contribution in [0.3, 0.4) is 0 Å². The van der Waals surface area contributed by atoms with E-state index in [1.807, 2.05) is 0 Å². The van der Waals surface area contributed by atoms with Gasteiger partial charge in [0.05, 0.1) is 0 Å². The van der Waals surface area contributed by atoms with E-state index in [1.165, 1.54) is 71.0 Å². The second kappa shape index (κ2) is 7.38. The second-order valence-corrected chi connectivity index (χ2v) is 5.85. The zero-order chi connectivity index (χ0) is 11.9. The van der Waals surface area contributed by atoms with E-state index in [-0.39, 0.29) is 0 Å². The lowest BCUT2D eigenvalue weighted by molar-refractivity contribution is 0.187. The van der Waals surface area contributed by atoms with Gasteiger partial charge in [0.15, 0.2) is 0 Å². The molecule has 2 heteroatoms. The maximum atomic E-state index is 3.42. The topological polar surface area (TPSA) is 15.3 Å². The molecule has 1 saturated carbocycles. The lowest BCUT2D eigenvalue weighted by Crippen LogP contribution is -2.35. The van der Waals surface area contributed by atoms with Gasteiger partial charge in [0, 0.05) is 6.04 Å². The number of hydrogen-bond donors (Lipinski definition) is 1. The summed E-state index contributed by atoms with van der Waals surface area (Å²) >= 11 is 0. The molecule has 0 aromatic carbocycles. The number of hydrogen-bond acceptors (Lipinski definition) is 2. The van der Waals surface area contributed by atoms with Crippen molar-refractivity contribution in [3.63, 3.8) is 0 Å². The van der Waals surface area contributed by atoms with Gasteiger partial charge in [-0.3, -0.25) is 0 Å². The van der Waals surface area contributed by atoms with Gasteiger partial charge in [-0.15, -0.1) is 0 Å². The summed E-state index contributed by atoms with van der Waals surface area (Å²) < 4.78 is 0. The van der Waals surface area contributed by atoms with E-state index in [9.17, 15) is 0 Å². The molecule has 1 heterocycles. The van der Waals surface area contributed by atoms with Crippen LogP contribution in [0, 0.1) is 5.92 Å². The molecular weight excluding hydrogens is 208 g/mol. The Morgan fingerprint density at radius 2 is 1.88 bits per heavy atom. The number of nitrogens with zero attached hydrogens (tertiary/aromatic N) is 1. The molecule has 100 valence electrons. The third-order valence-corrected chi connectivity index (χ3v) is 4.66. The summed E-state index contributed by atoms with van der Waals surface area (Å²) in [6, 6.07) is 0.955. The van der Waals surface area contributed by atoms with Crippen molar-refractivity contribution in [1.82, 2.24) is 10.2 Å². The van der Waals surface area contributed by atoms with Gasteiger partial charge in [-0.25, -0.2) is 0 Å². The second-order valence-electron chi connectivity index (χ2n) is 5.85. The highest BCUT2D eigenvalue weighted by Crippen LogP contribution is 2.35. The van der Waals surface area contributed by atoms with Crippen molar-refractivity contribution in [2.75, 3.05) is 26.2 Å². The van der Waals surface area contributed by atoms with Gasteiger partial charge in [-0.2, -0.15) is 0 Å². The van der Waals surface area contributed by atoms with Crippen molar-refractivity contribution in [1.29, 1.82) is 0 Å². The van der Waals surface area contributed by atoms with Crippen molar-refractivity contribution < 1.29 is 0 Å². The summed E-state index contributed by atoms with van der Waals surface area (Å²) in [5, 5.41) is 3.42. The van der Waals surface area contributed by atoms with Crippen molar-refractivity contribution in [3.8, 4) is 0 Å². The molecule has 1 aliphatic carbocycles. The minimum atomic E-state index is 0.955. The van der Waals surface area contributed by atoms with Crippen LogP contribution < -0.4 is 5.32 Å². The predicted octanol–water partition coefficient (Wildman–Crippen LogP) is 3.03. The molecule has 1 aliphatic heterocycles. The maximum Gasteiger partial charge on any atom is 0.0124 e. The monoisotopic (exact) mass is 238 g/mol. The van der Waals surface area contributed by atoms with Crippen LogP contribution in [0.4, 0.5) is 0 Å². The first-order valence-corrected chi connectivity index (χ1v) is 7.86. The van der Waals surface area contributed by atoms with Crippen molar-refractivity contribution in [3.05, 3.63) is 0 Å². The highest BCUT2D eigenvalue weighted by Gasteiger charge is 2.32. The molecule has 17 heavy (non-hydrogen) atoms. The Morgan fingerprint density at radius 1 is 1.06 bits per heavy atom. The smallest absolute Gasteiger partial charge is 0.0124 e. The Balaban J connectivity index is 1.64. The van der Waals surface area contributed by atoms with Crippen LogP contribution in [-0.2, 0) is 0 Å². The van der Waals surface area contributed by atoms with Gasteiger partial charge in [0.2, 0.25) is 0 Å². The van der Waals surface area contributed by atoms with Crippen molar-refractivity contribution >= 4 is 0 Å². The van der Waals surface area contributed by atoms with Crippen LogP contribution >= 0.6 is 0 Å². The molecule has 0 radical (unpaired) electrons. The number of rotatable bonds is 7. The third-order valence-electron chi connectivity index (χ3n) is 4.66. The van der Waals surface area contributed by atoms with Crippen LogP contribution in [0.2, 0.25) is 0 Å². The van der Waals surface area contributed by atoms with E-state index in [0.29, 0.717) is 0 Å². The third kappa shape index (κ3) is 3.96. The summed E-state index contributed by atoms with van der Waals surface area (Å²) in [4.78, 5) is 2.81. The lowest BCUT2D eigenvalue weighted by Gasteiger charge is -2.29. The molecule has 1 atom stereocenters. The lowest BCUT2D eigenvalue weighted by atomic mass is 9.96. The summed E-state index contributed by atoms with van der Waals surface area (Å²) in [5.41, 5.74) is 0. The van der Waals surface area contributed by atoms with Crippen LogP contribution in [-0.4, -0.2) is 37.1 Å². The fraction of sp³-hybridized carbons (Fsp3) is 1.00. The number of nitrogens with one attached hydrogen (secondary N) is 1. The average Bonchev–Trinajstić information content (AvgIpc) is 2.98. The number of likely N-dealkylation sites (tertiary alicyclic amines) is 1. The summed E-state index contributed by atoms with van der Waals surface area (Å²) in [5.74, 6) is 1.05. The van der Waals surface area contributed by atoms with Gasteiger partial charge in [0.25, 0.3) is 0 Å². The Morgan fingerprint density at radius 3 is 2.65 bits per heavy atom. The SMILES string of the molecule is CCNCCCCN1CCCC1C1CCCC1. The van der Waals surface area contributed by atoms with Gasteiger partial charge in [-0.1, -0.05) is 19.8 Å². The molecule has 1 saturated heterocycles. The van der Waals surface area contributed by atoms with E-state index in [2.05, 4.69) is 17.1 Å². The Bertz CT molecular complexity index is 199. The molecule has 1 unspecified atom stereocenters. The van der Waals surface area contributed by atoms with Gasteiger partial charge >= 0.3 is 0 Å². The van der Waals surface area contributed by atoms with E-state index in [1.54, 1.807) is 0 Å². The van der Waals surface area contributed by atoms with E-state index in [0.717, 1.165) is 18.5 Å². The summed E-state index contributed by atoms with van der Waals surface area (Å²) in [7, 11) is 0. The van der Waals surface area contributed by atoms with Gasteiger partial charge in [0.1, 0.15) is 0 Å². The van der Waals surface area contributed by atoms with Crippen LogP contribution in [0.25, 0.3) is 0 Å². The zero-order valence-electron chi connectivity index (χ0n) is 11.6. The number of unbranched alkanes of at least 4 members (excludes halogenated alkanes) is 1. The zero-order valence-corrected chi connectivity index (χ0v) is 11.6. The Kier molecular flexibility index (Phi) is 5.79. The molecule has 0 spiro atoms. The maximum absolute atomic E-state index is 3.42. The average molecular weight is 238 g/mol. The fourth-order valence-corrected chi connectivity index (χ4v) is 3.75. The molecule has 1 N–H and O–H groups in total. The predicted molar refractivity (Wildman–Crippen MR) is 74.3 cm³/mol. The van der Waals surface area contributed by atoms with Crippen LogP contribution in [0.15, 0.2) is 0 Å². The molecule has 2 aliphatic rings. The molecule has 0 amide bonds. The minimum Gasteiger partial charge on any atom is -0.317 e. The Labute approximate surface area is 107 Å². The van der Waals surface area contributed by atoms with E-state index in [4.69, 9.17) is 0 Å². The van der Waals surface area contributed by atoms with Crippen molar-refractivity contribution in [2.45, 2.75) is 64.3 Å². The first kappa shape index (κ1) is 13.4. The molecule has 2 rings (SSSR count). The highest BCUT2D eigenvalue weighted by atomic mass is 15.2. The summed E-state index contributed by atoms with van der Waals surface area (Å²) in [6.45, 7) is 7.25. The largest absolute Gasteiger partial charge is 0.317 e. The highest BCUT2D eigenvalue weighted by molar-refractivity contribution is 4.87. The molecular formula is C15H30N2. The standard InChI is InChI=1S/C15H30N2/c1-2-16-11-5-6-12-17-13-7-10-15(17)14-8-3-4-9-14/h14-16H,2-13H2,1H3. The van der Waals surface area contributed by atoms with Gasteiger partial charge < -0.3 is 10.2 Å². The molecule has 0 aromatic heterocycles. The first-order valence-electron chi connectivity index (χ1n) is 7.86.